The van der Waals surface area contributed by atoms with Gasteiger partial charge in [0.2, 0.25) is 11.8 Å². The Hall–Kier alpha value is -2.06. The molecular formula is C22H31N3O4S. The summed E-state index contributed by atoms with van der Waals surface area (Å²) in [4.78, 5) is 40.2. The van der Waals surface area contributed by atoms with Gasteiger partial charge in [0.1, 0.15) is 17.5 Å². The molecule has 0 aliphatic carbocycles. The number of benzene rings is 1. The predicted octanol–water partition coefficient (Wildman–Crippen LogP) is 2.47. The van der Waals surface area contributed by atoms with Crippen molar-refractivity contribution in [2.45, 2.75) is 69.3 Å². The van der Waals surface area contributed by atoms with E-state index < -0.39 is 16.8 Å². The van der Waals surface area contributed by atoms with E-state index in [0.717, 1.165) is 5.56 Å². The van der Waals surface area contributed by atoms with Crippen molar-refractivity contribution in [3.8, 4) is 0 Å². The number of carbonyl (C=O) groups is 3. The molecule has 0 spiro atoms. The van der Waals surface area contributed by atoms with Crippen LogP contribution in [0.3, 0.4) is 0 Å². The molecular weight excluding hydrogens is 402 g/mol. The van der Waals surface area contributed by atoms with Gasteiger partial charge < -0.3 is 20.3 Å². The fraction of sp³-hybridized carbons (Fsp3) is 0.591. The lowest BCUT2D eigenvalue weighted by Gasteiger charge is -2.30. The monoisotopic (exact) mass is 433 g/mol. The quantitative estimate of drug-likeness (QED) is 0.615. The molecule has 0 saturated carbocycles. The van der Waals surface area contributed by atoms with Gasteiger partial charge in [-0.15, -0.1) is 11.8 Å². The molecule has 0 radical (unpaired) electrons. The van der Waals surface area contributed by atoms with Crippen molar-refractivity contribution in [3.05, 3.63) is 35.4 Å². The Bertz CT molecular complexity index is 826. The summed E-state index contributed by atoms with van der Waals surface area (Å²) in [6, 6.07) is 6.15. The lowest BCUT2D eigenvalue weighted by atomic mass is 10.0. The number of hydrogen-bond acceptors (Lipinski definition) is 5. The molecule has 3 atom stereocenters. The molecule has 1 fully saturated rings. The molecule has 2 heterocycles. The minimum absolute atomic E-state index is 0.129. The van der Waals surface area contributed by atoms with Gasteiger partial charge in [-0.05, 0) is 52.7 Å². The maximum atomic E-state index is 13.1. The highest BCUT2D eigenvalue weighted by Gasteiger charge is 2.57. The highest BCUT2D eigenvalue weighted by atomic mass is 32.2. The number of nitrogens with zero attached hydrogens (tertiary/aromatic N) is 1. The Morgan fingerprint density at radius 3 is 2.63 bits per heavy atom. The molecule has 0 aromatic heterocycles. The Morgan fingerprint density at radius 1 is 1.23 bits per heavy atom. The first kappa shape index (κ1) is 22.6. The van der Waals surface area contributed by atoms with Crippen LogP contribution in [0.5, 0.6) is 0 Å². The van der Waals surface area contributed by atoms with Gasteiger partial charge in [0, 0.05) is 23.5 Å². The third kappa shape index (κ3) is 4.49. The molecule has 30 heavy (non-hydrogen) atoms. The summed E-state index contributed by atoms with van der Waals surface area (Å²) in [5.74, 6) is -0.679. The van der Waals surface area contributed by atoms with E-state index in [-0.39, 0.29) is 29.2 Å². The fourth-order valence-corrected chi connectivity index (χ4v) is 5.51. The van der Waals surface area contributed by atoms with Crippen molar-refractivity contribution in [3.63, 3.8) is 0 Å². The average Bonchev–Trinajstić information content (AvgIpc) is 3.10. The highest BCUT2D eigenvalue weighted by Crippen LogP contribution is 2.56. The van der Waals surface area contributed by atoms with E-state index in [1.54, 1.807) is 29.7 Å². The van der Waals surface area contributed by atoms with Crippen LogP contribution >= 0.6 is 11.8 Å². The van der Waals surface area contributed by atoms with Crippen LogP contribution in [-0.4, -0.2) is 58.7 Å². The zero-order valence-electron chi connectivity index (χ0n) is 18.2. The van der Waals surface area contributed by atoms with Crippen molar-refractivity contribution in [1.82, 2.24) is 15.5 Å². The summed E-state index contributed by atoms with van der Waals surface area (Å²) < 4.78 is 4.99. The van der Waals surface area contributed by atoms with Gasteiger partial charge in [-0.25, -0.2) is 0 Å². The lowest BCUT2D eigenvalue weighted by Crippen LogP contribution is -2.56. The zero-order chi connectivity index (χ0) is 22.1. The number of ether oxygens (including phenoxy) is 1. The minimum atomic E-state index is -0.691. The summed E-state index contributed by atoms with van der Waals surface area (Å²) in [5, 5.41) is 5.45. The van der Waals surface area contributed by atoms with Gasteiger partial charge in [-0.1, -0.05) is 18.2 Å². The Kier molecular flexibility index (Phi) is 6.77. The normalized spacial score (nSPS) is 22.6. The van der Waals surface area contributed by atoms with Crippen molar-refractivity contribution < 1.29 is 19.1 Å². The summed E-state index contributed by atoms with van der Waals surface area (Å²) in [6.07, 6.45) is 0.869. The molecule has 2 aliphatic heterocycles. The summed E-state index contributed by atoms with van der Waals surface area (Å²) in [5.41, 5.74) is 1.60. The highest BCUT2D eigenvalue weighted by molar-refractivity contribution is 8.01. The topological polar surface area (TPSA) is 87.7 Å². The largest absolute Gasteiger partial charge is 0.379 e. The van der Waals surface area contributed by atoms with E-state index in [2.05, 4.69) is 10.6 Å². The second kappa shape index (κ2) is 8.98. The van der Waals surface area contributed by atoms with E-state index in [1.165, 1.54) is 0 Å². The van der Waals surface area contributed by atoms with Gasteiger partial charge in [-0.2, -0.15) is 0 Å². The third-order valence-corrected chi connectivity index (χ3v) is 6.90. The third-order valence-electron chi connectivity index (χ3n) is 5.37. The molecule has 1 saturated heterocycles. The van der Waals surface area contributed by atoms with Crippen LogP contribution < -0.4 is 10.6 Å². The number of thioether (sulfide) groups is 1. The molecule has 164 valence electrons. The Balaban J connectivity index is 1.61. The van der Waals surface area contributed by atoms with Crippen LogP contribution in [0, 0.1) is 0 Å². The smallest absolute Gasteiger partial charge is 0.256 e. The summed E-state index contributed by atoms with van der Waals surface area (Å²) >= 11 is 1.61. The molecule has 0 unspecified atom stereocenters. The molecule has 3 amide bonds. The predicted molar refractivity (Wildman–Crippen MR) is 117 cm³/mol. The van der Waals surface area contributed by atoms with E-state index in [1.807, 2.05) is 45.9 Å². The summed E-state index contributed by atoms with van der Waals surface area (Å²) in [6.45, 7) is 10.6. The fourth-order valence-electron chi connectivity index (χ4n) is 3.92. The molecule has 1 aromatic carbocycles. The van der Waals surface area contributed by atoms with Gasteiger partial charge in [0.25, 0.3) is 5.91 Å². The summed E-state index contributed by atoms with van der Waals surface area (Å²) in [7, 11) is 0. The van der Waals surface area contributed by atoms with E-state index in [9.17, 15) is 14.4 Å². The van der Waals surface area contributed by atoms with Crippen LogP contribution in [0.4, 0.5) is 0 Å². The van der Waals surface area contributed by atoms with E-state index in [0.29, 0.717) is 25.1 Å². The Morgan fingerprint density at radius 2 is 1.93 bits per heavy atom. The number of nitrogens with one attached hydrogen (secondary N) is 2. The number of fused-ring (bicyclic) bond motifs is 3. The molecule has 2 aliphatic rings. The minimum Gasteiger partial charge on any atom is -0.379 e. The van der Waals surface area contributed by atoms with Crippen LogP contribution in [-0.2, 0) is 14.3 Å². The maximum Gasteiger partial charge on any atom is 0.256 e. The van der Waals surface area contributed by atoms with Crippen LogP contribution in [0.15, 0.2) is 24.3 Å². The molecule has 1 aromatic rings. The van der Waals surface area contributed by atoms with Crippen molar-refractivity contribution in [2.24, 2.45) is 0 Å². The van der Waals surface area contributed by atoms with Crippen molar-refractivity contribution in [1.29, 1.82) is 0 Å². The van der Waals surface area contributed by atoms with Crippen LogP contribution in [0.2, 0.25) is 0 Å². The number of hydrogen-bond donors (Lipinski definition) is 2. The zero-order valence-corrected chi connectivity index (χ0v) is 19.0. The number of amides is 3. The van der Waals surface area contributed by atoms with Gasteiger partial charge in [0.05, 0.1) is 6.10 Å². The average molecular weight is 434 g/mol. The van der Waals surface area contributed by atoms with E-state index in [4.69, 9.17) is 4.74 Å². The second-order valence-electron chi connectivity index (χ2n) is 8.57. The standard InChI is InChI=1S/C22H31N3O4S/c1-13(2)29-12-8-11-23-18(26)14(3)24-19(27)17-22(4,5)30-21-16-10-7-6-9-15(16)20(28)25(17)21/h6-7,9-10,13-14,17,21H,8,11-12H2,1-5H3,(H,23,26)(H,24,27)/t14-,17+,21+/m0/s1. The molecule has 3 rings (SSSR count). The Labute approximate surface area is 182 Å². The van der Waals surface area contributed by atoms with Crippen LogP contribution in [0.1, 0.15) is 62.3 Å². The number of rotatable bonds is 8. The SMILES string of the molecule is CC(C)OCCCNC(=O)[C@H](C)NC(=O)[C@H]1N2C(=O)c3ccccc3[C@H]2SC1(C)C. The molecule has 0 bridgehead atoms. The maximum absolute atomic E-state index is 13.1. The van der Waals surface area contributed by atoms with E-state index >= 15 is 0 Å². The first-order valence-corrected chi connectivity index (χ1v) is 11.3. The van der Waals surface area contributed by atoms with Gasteiger partial charge in [0.15, 0.2) is 0 Å². The van der Waals surface area contributed by atoms with Gasteiger partial charge in [-0.3, -0.25) is 14.4 Å². The number of carbonyl (C=O) groups excluding carboxylic acids is 3. The van der Waals surface area contributed by atoms with Gasteiger partial charge >= 0.3 is 0 Å². The van der Waals surface area contributed by atoms with Crippen molar-refractivity contribution >= 4 is 29.5 Å². The van der Waals surface area contributed by atoms with Crippen LogP contribution in [0.25, 0.3) is 0 Å². The first-order chi connectivity index (χ1) is 14.1. The first-order valence-electron chi connectivity index (χ1n) is 10.4. The molecule has 2 N–H and O–H groups in total. The van der Waals surface area contributed by atoms with Crippen molar-refractivity contribution in [2.75, 3.05) is 13.2 Å². The lowest BCUT2D eigenvalue weighted by molar-refractivity contribution is -0.131. The second-order valence-corrected chi connectivity index (χ2v) is 10.3. The molecule has 8 heteroatoms. The molecule has 7 nitrogen and oxygen atoms in total.